The minimum Gasteiger partial charge on any atom is -0.440 e. The number of hydrogen-bond acceptors (Lipinski definition) is 4. The number of oxazole rings is 1. The van der Waals surface area contributed by atoms with Gasteiger partial charge in [0.15, 0.2) is 5.58 Å². The Morgan fingerprint density at radius 1 is 1.28 bits per heavy atom. The predicted molar refractivity (Wildman–Crippen MR) is 88.5 cm³/mol. The van der Waals surface area contributed by atoms with Crippen molar-refractivity contribution in [2.75, 3.05) is 13.1 Å². The number of aromatic nitrogens is 1. The Morgan fingerprint density at radius 3 is 2.84 bits per heavy atom. The Morgan fingerprint density at radius 2 is 2.08 bits per heavy atom. The van der Waals surface area contributed by atoms with Crippen molar-refractivity contribution >= 4 is 22.9 Å². The number of amides is 2. The third-order valence-corrected chi connectivity index (χ3v) is 4.65. The first kappa shape index (κ1) is 16.1. The monoisotopic (exact) mass is 345 g/mol. The van der Waals surface area contributed by atoms with Crippen LogP contribution < -0.4 is 5.32 Å². The normalized spacial score (nSPS) is 23.6. The largest absolute Gasteiger partial charge is 0.440 e. The highest BCUT2D eigenvalue weighted by Crippen LogP contribution is 2.32. The Kier molecular flexibility index (Phi) is 4.15. The number of alkyl halides is 1. The van der Waals surface area contributed by atoms with Crippen LogP contribution in [-0.2, 0) is 16.0 Å². The molecule has 0 spiro atoms. The summed E-state index contributed by atoms with van der Waals surface area (Å²) in [7, 11) is 0. The van der Waals surface area contributed by atoms with Gasteiger partial charge in [-0.05, 0) is 25.0 Å². The maximum absolute atomic E-state index is 14.0. The van der Waals surface area contributed by atoms with Crippen molar-refractivity contribution in [2.24, 2.45) is 5.92 Å². The van der Waals surface area contributed by atoms with E-state index in [1.54, 1.807) is 11.0 Å². The summed E-state index contributed by atoms with van der Waals surface area (Å²) < 4.78 is 19.5. The molecule has 4 rings (SSSR count). The quantitative estimate of drug-likeness (QED) is 0.917. The van der Waals surface area contributed by atoms with E-state index in [0.29, 0.717) is 23.5 Å². The van der Waals surface area contributed by atoms with E-state index in [2.05, 4.69) is 10.3 Å². The Balaban J connectivity index is 1.36. The van der Waals surface area contributed by atoms with Crippen LogP contribution in [0.25, 0.3) is 11.1 Å². The molecule has 0 unspecified atom stereocenters. The van der Waals surface area contributed by atoms with Gasteiger partial charge in [-0.1, -0.05) is 12.1 Å². The number of benzene rings is 1. The number of nitrogens with zero attached hydrogens (tertiary/aromatic N) is 2. The lowest BCUT2D eigenvalue weighted by Crippen LogP contribution is -2.54. The number of rotatable bonds is 4. The van der Waals surface area contributed by atoms with E-state index >= 15 is 0 Å². The van der Waals surface area contributed by atoms with Crippen molar-refractivity contribution < 1.29 is 18.4 Å². The number of halogens is 1. The fourth-order valence-corrected chi connectivity index (χ4v) is 3.32. The molecule has 7 heteroatoms. The first-order valence-electron chi connectivity index (χ1n) is 8.65. The minimum absolute atomic E-state index is 0.00129. The van der Waals surface area contributed by atoms with Crippen molar-refractivity contribution in [3.63, 3.8) is 0 Å². The number of fused-ring (bicyclic) bond motifs is 1. The van der Waals surface area contributed by atoms with Gasteiger partial charge >= 0.3 is 0 Å². The van der Waals surface area contributed by atoms with Gasteiger partial charge in [-0.3, -0.25) is 9.59 Å². The van der Waals surface area contributed by atoms with Crippen molar-refractivity contribution in [3.8, 4) is 0 Å². The lowest BCUT2D eigenvalue weighted by atomic mass is 10.0. The van der Waals surface area contributed by atoms with E-state index in [0.717, 1.165) is 12.8 Å². The third-order valence-electron chi connectivity index (χ3n) is 4.65. The number of carbonyl (C=O) groups is 2. The smallest absolute Gasteiger partial charge is 0.229 e. The average Bonchev–Trinajstić information content (AvgIpc) is 3.33. The van der Waals surface area contributed by atoms with Crippen molar-refractivity contribution in [3.05, 3.63) is 30.2 Å². The molecule has 25 heavy (non-hydrogen) atoms. The minimum atomic E-state index is -1.11. The second-order valence-corrected chi connectivity index (χ2v) is 6.87. The average molecular weight is 345 g/mol. The highest BCUT2D eigenvalue weighted by Gasteiger charge is 2.38. The van der Waals surface area contributed by atoms with Crippen LogP contribution in [0.4, 0.5) is 4.39 Å². The Bertz CT molecular complexity index is 769. The maximum Gasteiger partial charge on any atom is 0.229 e. The fraction of sp³-hybridized carbons (Fsp3) is 0.500. The number of hydrogen-bond donors (Lipinski definition) is 1. The lowest BCUT2D eigenvalue weighted by molar-refractivity contribution is -0.136. The standard InChI is InChI=1S/C18H20FN3O3/c19-12-7-13(10-22(9-12)18(24)11-5-6-11)20-16(23)8-17-21-14-3-1-2-4-15(14)25-17/h1-4,11-13H,5-10H2,(H,20,23)/t12-,13+/m1/s1. The predicted octanol–water partition coefficient (Wildman–Crippen LogP) is 1.84. The molecule has 1 aliphatic heterocycles. The van der Waals surface area contributed by atoms with Gasteiger partial charge in [-0.25, -0.2) is 9.37 Å². The number of carbonyl (C=O) groups excluding carboxylic acids is 2. The number of likely N-dealkylation sites (tertiary alicyclic amines) is 1. The molecule has 132 valence electrons. The van der Waals surface area contributed by atoms with Crippen LogP contribution in [-0.4, -0.2) is 47.0 Å². The second-order valence-electron chi connectivity index (χ2n) is 6.87. The molecule has 1 saturated heterocycles. The number of nitrogens with one attached hydrogen (secondary N) is 1. The van der Waals surface area contributed by atoms with Gasteiger partial charge in [0, 0.05) is 24.9 Å². The Hall–Kier alpha value is -2.44. The molecule has 1 aliphatic carbocycles. The molecule has 0 bridgehead atoms. The molecule has 2 aliphatic rings. The summed E-state index contributed by atoms with van der Waals surface area (Å²) in [5.74, 6) is 0.128. The van der Waals surface area contributed by atoms with E-state index in [9.17, 15) is 14.0 Å². The van der Waals surface area contributed by atoms with Crippen LogP contribution in [0.5, 0.6) is 0 Å². The molecule has 6 nitrogen and oxygen atoms in total. The highest BCUT2D eigenvalue weighted by atomic mass is 19.1. The summed E-state index contributed by atoms with van der Waals surface area (Å²) in [6, 6.07) is 6.93. The number of piperidine rings is 1. The van der Waals surface area contributed by atoms with Crippen LogP contribution in [0.15, 0.2) is 28.7 Å². The van der Waals surface area contributed by atoms with Crippen molar-refractivity contribution in [1.82, 2.24) is 15.2 Å². The summed E-state index contributed by atoms with van der Waals surface area (Å²) in [6.07, 6.45) is 0.903. The van der Waals surface area contributed by atoms with Crippen LogP contribution >= 0.6 is 0 Å². The SMILES string of the molecule is O=C(Cc1nc2ccccc2o1)N[C@H]1C[C@@H](F)CN(C(=O)C2CC2)C1. The molecule has 1 saturated carbocycles. The van der Waals surface area contributed by atoms with Crippen LogP contribution in [0.3, 0.4) is 0 Å². The van der Waals surface area contributed by atoms with Gasteiger partial charge in [0.25, 0.3) is 0 Å². The molecular formula is C18H20FN3O3. The second kappa shape index (κ2) is 6.46. The zero-order chi connectivity index (χ0) is 17.4. The molecule has 2 aromatic rings. The molecule has 2 heterocycles. The summed E-state index contributed by atoms with van der Waals surface area (Å²) in [4.78, 5) is 30.2. The van der Waals surface area contributed by atoms with Gasteiger partial charge < -0.3 is 14.6 Å². The van der Waals surface area contributed by atoms with Crippen LogP contribution in [0, 0.1) is 5.92 Å². The topological polar surface area (TPSA) is 75.4 Å². The molecule has 1 aromatic heterocycles. The van der Waals surface area contributed by atoms with Crippen LogP contribution in [0.1, 0.15) is 25.2 Å². The Labute approximate surface area is 144 Å². The first-order valence-corrected chi connectivity index (χ1v) is 8.65. The van der Waals surface area contributed by atoms with E-state index in [1.807, 2.05) is 18.2 Å². The van der Waals surface area contributed by atoms with E-state index in [4.69, 9.17) is 4.42 Å². The van der Waals surface area contributed by atoms with E-state index in [-0.39, 0.29) is 43.2 Å². The summed E-state index contributed by atoms with van der Waals surface area (Å²) in [6.45, 7) is 0.502. The van der Waals surface area contributed by atoms with Crippen molar-refractivity contribution in [2.45, 2.75) is 37.9 Å². The van der Waals surface area contributed by atoms with Gasteiger partial charge in [0.05, 0.1) is 6.54 Å². The van der Waals surface area contributed by atoms with E-state index in [1.165, 1.54) is 0 Å². The maximum atomic E-state index is 14.0. The molecule has 0 radical (unpaired) electrons. The zero-order valence-corrected chi connectivity index (χ0v) is 13.8. The summed E-state index contributed by atoms with van der Waals surface area (Å²) in [5.41, 5.74) is 1.33. The molecular weight excluding hydrogens is 325 g/mol. The molecule has 2 atom stereocenters. The molecule has 2 fully saturated rings. The van der Waals surface area contributed by atoms with Crippen LogP contribution in [0.2, 0.25) is 0 Å². The number of para-hydroxylation sites is 2. The summed E-state index contributed by atoms with van der Waals surface area (Å²) >= 11 is 0. The summed E-state index contributed by atoms with van der Waals surface area (Å²) in [5, 5.41) is 2.81. The molecule has 2 amide bonds. The van der Waals surface area contributed by atoms with Gasteiger partial charge in [-0.2, -0.15) is 0 Å². The van der Waals surface area contributed by atoms with Gasteiger partial charge in [0.1, 0.15) is 18.1 Å². The van der Waals surface area contributed by atoms with Crippen molar-refractivity contribution in [1.29, 1.82) is 0 Å². The third kappa shape index (κ3) is 3.65. The molecule has 1 N–H and O–H groups in total. The fourth-order valence-electron chi connectivity index (χ4n) is 3.32. The van der Waals surface area contributed by atoms with Gasteiger partial charge in [-0.15, -0.1) is 0 Å². The van der Waals surface area contributed by atoms with Gasteiger partial charge in [0.2, 0.25) is 17.7 Å². The van der Waals surface area contributed by atoms with E-state index < -0.39 is 6.17 Å². The zero-order valence-electron chi connectivity index (χ0n) is 13.8. The highest BCUT2D eigenvalue weighted by molar-refractivity contribution is 5.82. The first-order chi connectivity index (χ1) is 12.1. The lowest BCUT2D eigenvalue weighted by Gasteiger charge is -2.35. The molecule has 1 aromatic carbocycles.